The van der Waals surface area contributed by atoms with E-state index in [2.05, 4.69) is 16.0 Å². The summed E-state index contributed by atoms with van der Waals surface area (Å²) in [5.74, 6) is 1.71. The van der Waals surface area contributed by atoms with Gasteiger partial charge in [-0.15, -0.1) is 0 Å². The standard InChI is InChI=1S/C29H33ClN4O3S/c30-23-7-9-24(10-8-23)37-18-21-2-1-15-34(17-21)38(35,36)19-20-3-5-22(6-4-20)28-25-11-13-31-16-27(25)26-12-14-32-29(26)33-28/h7-14,16,20-22H,1-6,15,17-19H2,(H,32,33). The molecule has 1 saturated carbocycles. The maximum atomic E-state index is 13.4. The summed E-state index contributed by atoms with van der Waals surface area (Å²) in [5, 5.41) is 4.04. The monoisotopic (exact) mass is 552 g/mol. The number of sulfonamides is 1. The number of pyridine rings is 2. The number of nitrogens with one attached hydrogen (secondary N) is 1. The number of H-pyrrole nitrogens is 1. The van der Waals surface area contributed by atoms with Gasteiger partial charge in [-0.05, 0) is 80.8 Å². The molecule has 0 amide bonds. The molecule has 1 aromatic carbocycles. The van der Waals surface area contributed by atoms with Crippen LogP contribution in [0.15, 0.2) is 55.0 Å². The summed E-state index contributed by atoms with van der Waals surface area (Å²) in [6.45, 7) is 1.65. The van der Waals surface area contributed by atoms with Gasteiger partial charge in [0, 0.05) is 64.7 Å². The van der Waals surface area contributed by atoms with E-state index in [9.17, 15) is 8.42 Å². The number of fused-ring (bicyclic) bond motifs is 3. The molecule has 0 bridgehead atoms. The summed E-state index contributed by atoms with van der Waals surface area (Å²) < 4.78 is 34.4. The summed E-state index contributed by atoms with van der Waals surface area (Å²) in [4.78, 5) is 12.6. The molecule has 1 atom stereocenters. The van der Waals surface area contributed by atoms with Crippen molar-refractivity contribution in [3.8, 4) is 5.75 Å². The molecule has 2 fully saturated rings. The van der Waals surface area contributed by atoms with E-state index in [0.717, 1.165) is 71.8 Å². The third-order valence-corrected chi connectivity index (χ3v) is 10.5. The molecule has 0 radical (unpaired) electrons. The number of halogens is 1. The van der Waals surface area contributed by atoms with Crippen LogP contribution < -0.4 is 4.74 Å². The summed E-state index contributed by atoms with van der Waals surface area (Å²) >= 11 is 5.95. The quantitative estimate of drug-likeness (QED) is 0.297. The van der Waals surface area contributed by atoms with Crippen molar-refractivity contribution >= 4 is 43.4 Å². The molecule has 2 aliphatic rings. The maximum Gasteiger partial charge on any atom is 0.214 e. The number of piperidine rings is 1. The number of ether oxygens (including phenoxy) is 1. The zero-order valence-electron chi connectivity index (χ0n) is 21.4. The zero-order valence-corrected chi connectivity index (χ0v) is 22.9. The Balaban J connectivity index is 1.07. The second-order valence-corrected chi connectivity index (χ2v) is 13.2. The topological polar surface area (TPSA) is 88.2 Å². The van der Waals surface area contributed by atoms with Gasteiger partial charge in [-0.1, -0.05) is 11.6 Å². The normalized spacial score (nSPS) is 23.1. The Bertz CT molecular complexity index is 1510. The minimum absolute atomic E-state index is 0.184. The highest BCUT2D eigenvalue weighted by Gasteiger charge is 2.33. The van der Waals surface area contributed by atoms with Gasteiger partial charge >= 0.3 is 0 Å². The van der Waals surface area contributed by atoms with Gasteiger partial charge in [0.25, 0.3) is 0 Å². The fraction of sp³-hybridized carbons (Fsp3) is 0.448. The van der Waals surface area contributed by atoms with Crippen LogP contribution in [0.2, 0.25) is 5.02 Å². The molecule has 6 rings (SSSR count). The van der Waals surface area contributed by atoms with Crippen LogP contribution in [0.3, 0.4) is 0 Å². The van der Waals surface area contributed by atoms with Crippen LogP contribution >= 0.6 is 11.6 Å². The predicted molar refractivity (Wildman–Crippen MR) is 151 cm³/mol. The average Bonchev–Trinajstić information content (AvgIpc) is 3.42. The number of hydrogen-bond donors (Lipinski definition) is 1. The molecular formula is C29H33ClN4O3S. The Morgan fingerprint density at radius 3 is 2.61 bits per heavy atom. The maximum absolute atomic E-state index is 13.4. The van der Waals surface area contributed by atoms with Gasteiger partial charge in [0.2, 0.25) is 10.0 Å². The smallest absolute Gasteiger partial charge is 0.214 e. The van der Waals surface area contributed by atoms with Crippen LogP contribution in [0.1, 0.15) is 50.1 Å². The van der Waals surface area contributed by atoms with Crippen molar-refractivity contribution in [2.24, 2.45) is 11.8 Å². The fourth-order valence-electron chi connectivity index (χ4n) is 6.16. The molecule has 38 heavy (non-hydrogen) atoms. The van der Waals surface area contributed by atoms with Gasteiger partial charge in [0.15, 0.2) is 0 Å². The minimum atomic E-state index is -3.31. The highest BCUT2D eigenvalue weighted by molar-refractivity contribution is 7.89. The van der Waals surface area contributed by atoms with E-state index in [1.54, 1.807) is 16.4 Å². The van der Waals surface area contributed by atoms with E-state index in [1.807, 2.05) is 36.8 Å². The zero-order chi connectivity index (χ0) is 26.1. The first-order chi connectivity index (χ1) is 18.5. The SMILES string of the molecule is O=S(=O)(CC1CCC(c2nc3[nH]ccc3c3cnccc23)CC1)N1CCCC(COc2ccc(Cl)cc2)C1. The van der Waals surface area contributed by atoms with Crippen molar-refractivity contribution in [3.05, 3.63) is 65.7 Å². The minimum Gasteiger partial charge on any atom is -0.493 e. The molecule has 1 unspecified atom stereocenters. The van der Waals surface area contributed by atoms with Gasteiger partial charge in [-0.2, -0.15) is 0 Å². The van der Waals surface area contributed by atoms with E-state index in [0.29, 0.717) is 30.6 Å². The van der Waals surface area contributed by atoms with Crippen LogP contribution in [0.4, 0.5) is 0 Å². The Morgan fingerprint density at radius 1 is 0.974 bits per heavy atom. The summed E-state index contributed by atoms with van der Waals surface area (Å²) in [6, 6.07) is 11.4. The molecular weight excluding hydrogens is 520 g/mol. The van der Waals surface area contributed by atoms with E-state index >= 15 is 0 Å². The van der Waals surface area contributed by atoms with Gasteiger partial charge in [0.1, 0.15) is 11.4 Å². The van der Waals surface area contributed by atoms with Crippen molar-refractivity contribution in [2.75, 3.05) is 25.4 Å². The number of hydrogen-bond acceptors (Lipinski definition) is 5. The summed E-state index contributed by atoms with van der Waals surface area (Å²) in [6.07, 6.45) is 11.2. The number of aromatic amines is 1. The Labute approximate surface area is 228 Å². The highest BCUT2D eigenvalue weighted by Crippen LogP contribution is 2.40. The van der Waals surface area contributed by atoms with E-state index in [1.165, 1.54) is 0 Å². The third-order valence-electron chi connectivity index (χ3n) is 8.20. The number of rotatable bonds is 7. The lowest BCUT2D eigenvalue weighted by molar-refractivity contribution is 0.179. The van der Waals surface area contributed by atoms with Crippen molar-refractivity contribution < 1.29 is 13.2 Å². The largest absolute Gasteiger partial charge is 0.493 e. The number of benzene rings is 1. The predicted octanol–water partition coefficient (Wildman–Crippen LogP) is 6.16. The third kappa shape index (κ3) is 5.40. The highest BCUT2D eigenvalue weighted by atomic mass is 35.5. The average molecular weight is 553 g/mol. The Morgan fingerprint density at radius 2 is 1.79 bits per heavy atom. The van der Waals surface area contributed by atoms with E-state index in [-0.39, 0.29) is 17.6 Å². The molecule has 9 heteroatoms. The molecule has 200 valence electrons. The lowest BCUT2D eigenvalue weighted by atomic mass is 9.80. The Hall–Kier alpha value is -2.68. The van der Waals surface area contributed by atoms with Crippen molar-refractivity contribution in [1.29, 1.82) is 0 Å². The summed E-state index contributed by atoms with van der Waals surface area (Å²) in [7, 11) is -3.31. The second-order valence-electron chi connectivity index (χ2n) is 10.8. The lowest BCUT2D eigenvalue weighted by Crippen LogP contribution is -2.43. The first-order valence-electron chi connectivity index (χ1n) is 13.5. The van der Waals surface area contributed by atoms with Crippen LogP contribution in [-0.2, 0) is 10.0 Å². The summed E-state index contributed by atoms with van der Waals surface area (Å²) in [5.41, 5.74) is 2.00. The molecule has 1 aliphatic carbocycles. The first-order valence-corrected chi connectivity index (χ1v) is 15.5. The van der Waals surface area contributed by atoms with Gasteiger partial charge < -0.3 is 9.72 Å². The van der Waals surface area contributed by atoms with Crippen LogP contribution in [0.5, 0.6) is 5.75 Å². The lowest BCUT2D eigenvalue weighted by Gasteiger charge is -2.34. The van der Waals surface area contributed by atoms with Crippen molar-refractivity contribution in [2.45, 2.75) is 44.4 Å². The molecule has 3 aromatic heterocycles. The molecule has 7 nitrogen and oxygen atoms in total. The number of aromatic nitrogens is 3. The van der Waals surface area contributed by atoms with Crippen molar-refractivity contribution in [3.63, 3.8) is 0 Å². The van der Waals surface area contributed by atoms with E-state index in [4.69, 9.17) is 21.3 Å². The first kappa shape index (κ1) is 25.6. The molecule has 0 spiro atoms. The molecule has 1 saturated heterocycles. The van der Waals surface area contributed by atoms with E-state index < -0.39 is 10.0 Å². The molecule has 1 N–H and O–H groups in total. The molecule has 1 aliphatic heterocycles. The number of nitrogens with zero attached hydrogens (tertiary/aromatic N) is 3. The van der Waals surface area contributed by atoms with Crippen LogP contribution in [0, 0.1) is 11.8 Å². The van der Waals surface area contributed by atoms with Gasteiger partial charge in [-0.25, -0.2) is 17.7 Å². The van der Waals surface area contributed by atoms with Crippen LogP contribution in [-0.4, -0.2) is 53.1 Å². The second kappa shape index (κ2) is 10.8. The molecule has 4 heterocycles. The van der Waals surface area contributed by atoms with Gasteiger partial charge in [-0.3, -0.25) is 4.98 Å². The fourth-order valence-corrected chi connectivity index (χ4v) is 8.27. The molecule has 4 aromatic rings. The van der Waals surface area contributed by atoms with Crippen molar-refractivity contribution in [1.82, 2.24) is 19.3 Å². The Kier molecular flexibility index (Phi) is 7.29. The van der Waals surface area contributed by atoms with Crippen LogP contribution in [0.25, 0.3) is 21.8 Å². The van der Waals surface area contributed by atoms with Gasteiger partial charge in [0.05, 0.1) is 18.1 Å².